The number of carbonyl (C=O) groups excluding carboxylic acids is 1. The van der Waals surface area contributed by atoms with Crippen LogP contribution in [0.2, 0.25) is 5.02 Å². The van der Waals surface area contributed by atoms with Gasteiger partial charge in [0.15, 0.2) is 0 Å². The number of benzene rings is 2. The van der Waals surface area contributed by atoms with Gasteiger partial charge in [0.1, 0.15) is 10.0 Å². The zero-order valence-electron chi connectivity index (χ0n) is 12.0. The third-order valence-corrected chi connectivity index (χ3v) is 4.21. The zero-order valence-corrected chi connectivity index (χ0v) is 13.6. The Bertz CT molecular complexity index is 789. The van der Waals surface area contributed by atoms with E-state index in [1.54, 1.807) is 24.3 Å². The molecule has 5 nitrogen and oxygen atoms in total. The molecule has 0 saturated heterocycles. The molecule has 0 atom stereocenters. The molecular weight excluding hydrogens is 332 g/mol. The summed E-state index contributed by atoms with van der Waals surface area (Å²) in [5.74, 6) is 0. The number of aromatic nitrogens is 2. The van der Waals surface area contributed by atoms with Gasteiger partial charge in [-0.25, -0.2) is 4.79 Å². The van der Waals surface area contributed by atoms with Gasteiger partial charge in [-0.2, -0.15) is 0 Å². The molecule has 0 spiro atoms. The monoisotopic (exact) mass is 344 g/mol. The third kappa shape index (κ3) is 4.28. The van der Waals surface area contributed by atoms with Crippen molar-refractivity contribution in [1.29, 1.82) is 0 Å². The summed E-state index contributed by atoms with van der Waals surface area (Å²) in [6.07, 6.45) is 0. The van der Waals surface area contributed by atoms with Crippen LogP contribution >= 0.6 is 22.9 Å². The van der Waals surface area contributed by atoms with E-state index in [4.69, 9.17) is 11.6 Å². The predicted octanol–water partition coefficient (Wildman–Crippen LogP) is 4.18. The van der Waals surface area contributed by atoms with Crippen LogP contribution in [0.25, 0.3) is 10.6 Å². The number of nitrogens with zero attached hydrogens (tertiary/aromatic N) is 2. The number of hydrogen-bond donors (Lipinski definition) is 2. The minimum atomic E-state index is -0.302. The lowest BCUT2D eigenvalue weighted by Gasteiger charge is -2.05. The van der Waals surface area contributed by atoms with Gasteiger partial charge in [0.2, 0.25) is 0 Å². The summed E-state index contributed by atoms with van der Waals surface area (Å²) < 4.78 is 0. The van der Waals surface area contributed by atoms with E-state index in [1.807, 2.05) is 30.3 Å². The van der Waals surface area contributed by atoms with E-state index >= 15 is 0 Å². The summed E-state index contributed by atoms with van der Waals surface area (Å²) in [6, 6.07) is 16.4. The Hall–Kier alpha value is -2.44. The molecular formula is C16H13ClN4OS. The number of urea groups is 1. The van der Waals surface area contributed by atoms with Gasteiger partial charge in [-0.15, -0.1) is 10.2 Å². The highest BCUT2D eigenvalue weighted by molar-refractivity contribution is 7.14. The summed E-state index contributed by atoms with van der Waals surface area (Å²) in [4.78, 5) is 11.8. The van der Waals surface area contributed by atoms with E-state index < -0.39 is 0 Å². The van der Waals surface area contributed by atoms with Crippen LogP contribution in [0, 0.1) is 0 Å². The lowest BCUT2D eigenvalue weighted by Crippen LogP contribution is -2.28. The highest BCUT2D eigenvalue weighted by Crippen LogP contribution is 2.22. The predicted molar refractivity (Wildman–Crippen MR) is 92.7 cm³/mol. The summed E-state index contributed by atoms with van der Waals surface area (Å²) in [6.45, 7) is 0.323. The number of rotatable bonds is 4. The van der Waals surface area contributed by atoms with Crippen LogP contribution in [-0.2, 0) is 6.54 Å². The minimum Gasteiger partial charge on any atom is -0.331 e. The van der Waals surface area contributed by atoms with Crippen LogP contribution in [0.5, 0.6) is 0 Å². The van der Waals surface area contributed by atoms with Crippen molar-refractivity contribution >= 4 is 34.7 Å². The zero-order chi connectivity index (χ0) is 16.1. The molecule has 0 saturated carbocycles. The van der Waals surface area contributed by atoms with E-state index in [1.165, 1.54) is 11.3 Å². The molecule has 0 aliphatic heterocycles. The first-order valence-corrected chi connectivity index (χ1v) is 8.08. The van der Waals surface area contributed by atoms with Crippen molar-refractivity contribution in [3.63, 3.8) is 0 Å². The highest BCUT2D eigenvalue weighted by atomic mass is 35.5. The molecule has 1 heterocycles. The summed E-state index contributed by atoms with van der Waals surface area (Å²) >= 11 is 7.25. The van der Waals surface area contributed by atoms with Crippen LogP contribution in [0.15, 0.2) is 54.6 Å². The largest absolute Gasteiger partial charge is 0.331 e. The maximum absolute atomic E-state index is 11.8. The molecule has 3 aromatic rings. The average molecular weight is 345 g/mol. The first-order chi connectivity index (χ1) is 11.2. The molecule has 0 aliphatic rings. The SMILES string of the molecule is O=C(NCc1nnc(-c2ccccc2)s1)Nc1ccc(Cl)cc1. The van der Waals surface area contributed by atoms with Gasteiger partial charge < -0.3 is 10.6 Å². The molecule has 2 amide bonds. The van der Waals surface area contributed by atoms with E-state index in [0.29, 0.717) is 17.3 Å². The fraction of sp³-hybridized carbons (Fsp3) is 0.0625. The molecule has 0 aliphatic carbocycles. The second kappa shape index (κ2) is 7.21. The minimum absolute atomic E-state index is 0.302. The van der Waals surface area contributed by atoms with Crippen molar-refractivity contribution in [1.82, 2.24) is 15.5 Å². The van der Waals surface area contributed by atoms with Crippen molar-refractivity contribution in [3.05, 3.63) is 64.6 Å². The Balaban J connectivity index is 1.55. The van der Waals surface area contributed by atoms with E-state index in [2.05, 4.69) is 20.8 Å². The molecule has 2 N–H and O–H groups in total. The number of halogens is 1. The maximum atomic E-state index is 11.8. The quantitative estimate of drug-likeness (QED) is 0.746. The van der Waals surface area contributed by atoms with Crippen LogP contribution in [-0.4, -0.2) is 16.2 Å². The number of nitrogens with one attached hydrogen (secondary N) is 2. The number of carbonyl (C=O) groups is 1. The van der Waals surface area contributed by atoms with Crippen molar-refractivity contribution in [2.24, 2.45) is 0 Å². The number of amides is 2. The summed E-state index contributed by atoms with van der Waals surface area (Å²) in [5.41, 5.74) is 1.69. The van der Waals surface area contributed by atoms with E-state index in [9.17, 15) is 4.79 Å². The van der Waals surface area contributed by atoms with Gasteiger partial charge in [0.25, 0.3) is 0 Å². The molecule has 0 bridgehead atoms. The molecule has 23 heavy (non-hydrogen) atoms. The Morgan fingerprint density at radius 3 is 2.52 bits per heavy atom. The van der Waals surface area contributed by atoms with Crippen molar-refractivity contribution in [2.75, 3.05) is 5.32 Å². The van der Waals surface area contributed by atoms with Crippen molar-refractivity contribution in [2.45, 2.75) is 6.54 Å². The Labute approximate surface area is 142 Å². The Morgan fingerprint density at radius 2 is 1.78 bits per heavy atom. The molecule has 0 fully saturated rings. The second-order valence-electron chi connectivity index (χ2n) is 4.68. The smallest absolute Gasteiger partial charge is 0.319 e. The normalized spacial score (nSPS) is 10.3. The van der Waals surface area contributed by atoms with Crippen LogP contribution in [0.1, 0.15) is 5.01 Å². The second-order valence-corrected chi connectivity index (χ2v) is 6.18. The fourth-order valence-corrected chi connectivity index (χ4v) is 2.80. The molecule has 7 heteroatoms. The van der Waals surface area contributed by atoms with Gasteiger partial charge in [-0.05, 0) is 24.3 Å². The maximum Gasteiger partial charge on any atom is 0.319 e. The molecule has 0 unspecified atom stereocenters. The van der Waals surface area contributed by atoms with Gasteiger partial charge in [-0.1, -0.05) is 53.3 Å². The molecule has 0 radical (unpaired) electrons. The Kier molecular flexibility index (Phi) is 4.85. The molecule has 3 rings (SSSR count). The van der Waals surface area contributed by atoms with Crippen LogP contribution in [0.4, 0.5) is 10.5 Å². The fourth-order valence-electron chi connectivity index (χ4n) is 1.89. The van der Waals surface area contributed by atoms with Crippen LogP contribution in [0.3, 0.4) is 0 Å². The van der Waals surface area contributed by atoms with Gasteiger partial charge in [0, 0.05) is 16.3 Å². The van der Waals surface area contributed by atoms with Crippen molar-refractivity contribution < 1.29 is 4.79 Å². The van der Waals surface area contributed by atoms with Crippen molar-refractivity contribution in [3.8, 4) is 10.6 Å². The van der Waals surface area contributed by atoms with E-state index in [0.717, 1.165) is 15.6 Å². The first kappa shape index (κ1) is 15.5. The third-order valence-electron chi connectivity index (χ3n) is 2.99. The first-order valence-electron chi connectivity index (χ1n) is 6.89. The van der Waals surface area contributed by atoms with Gasteiger partial charge in [-0.3, -0.25) is 0 Å². The lowest BCUT2D eigenvalue weighted by molar-refractivity contribution is 0.251. The average Bonchev–Trinajstić information content (AvgIpc) is 3.05. The standard InChI is InChI=1S/C16H13ClN4OS/c17-12-6-8-13(9-7-12)19-16(22)18-10-14-20-21-15(23-14)11-4-2-1-3-5-11/h1-9H,10H2,(H2,18,19,22). The summed E-state index contributed by atoms with van der Waals surface area (Å²) in [5, 5.41) is 15.9. The van der Waals surface area contributed by atoms with Crippen LogP contribution < -0.4 is 10.6 Å². The topological polar surface area (TPSA) is 66.9 Å². The molecule has 116 valence electrons. The molecule has 2 aromatic carbocycles. The lowest BCUT2D eigenvalue weighted by atomic mass is 10.2. The van der Waals surface area contributed by atoms with Gasteiger partial charge >= 0.3 is 6.03 Å². The van der Waals surface area contributed by atoms with Gasteiger partial charge in [0.05, 0.1) is 6.54 Å². The number of hydrogen-bond acceptors (Lipinski definition) is 4. The Morgan fingerprint density at radius 1 is 1.04 bits per heavy atom. The highest BCUT2D eigenvalue weighted by Gasteiger charge is 2.08. The molecule has 1 aromatic heterocycles. The van der Waals surface area contributed by atoms with E-state index in [-0.39, 0.29) is 6.03 Å². The number of anilines is 1. The summed E-state index contributed by atoms with van der Waals surface area (Å²) in [7, 11) is 0.